The molecule has 4 aliphatic heterocycles. The number of rotatable bonds is 3. The normalized spacial score (nSPS) is 30.8. The summed E-state index contributed by atoms with van der Waals surface area (Å²) in [6.07, 6.45) is 7.03. The molecule has 4 aliphatic rings. The molecule has 30 heavy (non-hydrogen) atoms. The molecule has 4 atom stereocenters. The summed E-state index contributed by atoms with van der Waals surface area (Å²) < 4.78 is 6.25. The summed E-state index contributed by atoms with van der Waals surface area (Å²) in [5, 5.41) is 0. The Bertz CT molecular complexity index is 1060. The number of hydrogen-bond donors (Lipinski definition) is 0. The van der Waals surface area contributed by atoms with E-state index in [1.54, 1.807) is 17.3 Å². The summed E-state index contributed by atoms with van der Waals surface area (Å²) >= 11 is 0. The van der Waals surface area contributed by atoms with Crippen LogP contribution in [-0.2, 0) is 34.0 Å². The van der Waals surface area contributed by atoms with E-state index < -0.39 is 17.4 Å². The van der Waals surface area contributed by atoms with Gasteiger partial charge >= 0.3 is 0 Å². The van der Waals surface area contributed by atoms with Crippen LogP contribution in [-0.4, -0.2) is 49.8 Å². The van der Waals surface area contributed by atoms with Gasteiger partial charge in [-0.2, -0.15) is 0 Å². The Balaban J connectivity index is 1.25. The van der Waals surface area contributed by atoms with Crippen LogP contribution in [0.15, 0.2) is 48.8 Å². The minimum absolute atomic E-state index is 0.0118. The molecular formula is C23H22N4O3. The molecule has 0 aliphatic carbocycles. The largest absolute Gasteiger partial charge is 0.360 e. The molecule has 7 heteroatoms. The zero-order valence-electron chi connectivity index (χ0n) is 16.7. The van der Waals surface area contributed by atoms with Gasteiger partial charge in [-0.25, -0.2) is 0 Å². The van der Waals surface area contributed by atoms with Crippen LogP contribution >= 0.6 is 0 Å². The number of amides is 2. The lowest BCUT2D eigenvalue weighted by molar-refractivity contribution is -0.143. The summed E-state index contributed by atoms with van der Waals surface area (Å²) in [7, 11) is 0. The third-order valence-electron chi connectivity index (χ3n) is 6.80. The second-order valence-corrected chi connectivity index (χ2v) is 8.71. The highest BCUT2D eigenvalue weighted by atomic mass is 16.5. The molecule has 2 fully saturated rings. The molecule has 0 saturated carbocycles. The molecule has 6 rings (SSSR count). The second-order valence-electron chi connectivity index (χ2n) is 8.71. The van der Waals surface area contributed by atoms with Crippen LogP contribution in [0.3, 0.4) is 0 Å². The molecule has 152 valence electrons. The van der Waals surface area contributed by atoms with Crippen LogP contribution in [0.5, 0.6) is 0 Å². The molecule has 0 unspecified atom stereocenters. The topological polar surface area (TPSA) is 75.6 Å². The Morgan fingerprint density at radius 2 is 1.97 bits per heavy atom. The van der Waals surface area contributed by atoms with Crippen LogP contribution in [0.4, 0.5) is 0 Å². The molecule has 0 N–H and O–H groups in total. The van der Waals surface area contributed by atoms with E-state index >= 15 is 0 Å². The smallest absolute Gasteiger partial charge is 0.230 e. The molecule has 2 bridgehead atoms. The number of likely N-dealkylation sites (tertiary alicyclic amines) is 1. The van der Waals surface area contributed by atoms with E-state index in [0.717, 1.165) is 11.4 Å². The maximum atomic E-state index is 13.5. The first kappa shape index (κ1) is 17.8. The highest BCUT2D eigenvalue weighted by Gasteiger charge is 2.67. The first-order valence-electron chi connectivity index (χ1n) is 10.3. The Labute approximate surface area is 174 Å². The van der Waals surface area contributed by atoms with Gasteiger partial charge in [-0.1, -0.05) is 36.4 Å². The van der Waals surface area contributed by atoms with Crippen LogP contribution < -0.4 is 0 Å². The first-order chi connectivity index (χ1) is 14.5. The van der Waals surface area contributed by atoms with Crippen molar-refractivity contribution in [3.05, 3.63) is 71.3 Å². The van der Waals surface area contributed by atoms with E-state index in [1.807, 2.05) is 36.1 Å². The van der Waals surface area contributed by atoms with Crippen molar-refractivity contribution in [3.8, 4) is 0 Å². The number of benzene rings is 1. The molecule has 5 heterocycles. The number of carbonyl (C=O) groups is 2. The maximum Gasteiger partial charge on any atom is 0.230 e. The number of ether oxygens (including phenoxy) is 1. The van der Waals surface area contributed by atoms with Crippen molar-refractivity contribution in [2.24, 2.45) is 11.8 Å². The van der Waals surface area contributed by atoms with E-state index in [-0.39, 0.29) is 17.9 Å². The fourth-order valence-corrected chi connectivity index (χ4v) is 5.39. The number of aryl methyl sites for hydroxylation is 1. The van der Waals surface area contributed by atoms with Crippen molar-refractivity contribution in [1.82, 2.24) is 19.8 Å². The predicted octanol–water partition coefficient (Wildman–Crippen LogP) is 1.61. The lowest BCUT2D eigenvalue weighted by Crippen LogP contribution is -2.44. The number of hydrogen-bond acceptors (Lipinski definition) is 5. The Hall–Kier alpha value is -3.06. The number of carbonyl (C=O) groups excluding carboxylic acids is 2. The van der Waals surface area contributed by atoms with Gasteiger partial charge in [0.15, 0.2) is 0 Å². The minimum atomic E-state index is -0.702. The molecule has 2 saturated heterocycles. The van der Waals surface area contributed by atoms with Gasteiger partial charge in [-0.05, 0) is 18.1 Å². The highest BCUT2D eigenvalue weighted by molar-refractivity contribution is 5.93. The summed E-state index contributed by atoms with van der Waals surface area (Å²) in [6, 6.07) is 8.12. The summed E-state index contributed by atoms with van der Waals surface area (Å²) in [6.45, 7) is 3.90. The van der Waals surface area contributed by atoms with Gasteiger partial charge in [-0.15, -0.1) is 0 Å². The quantitative estimate of drug-likeness (QED) is 0.729. The van der Waals surface area contributed by atoms with Gasteiger partial charge in [0.1, 0.15) is 5.60 Å². The molecular weight excluding hydrogens is 380 g/mol. The van der Waals surface area contributed by atoms with Gasteiger partial charge in [0.25, 0.3) is 0 Å². The Morgan fingerprint density at radius 1 is 1.20 bits per heavy atom. The summed E-state index contributed by atoms with van der Waals surface area (Å²) in [5.41, 5.74) is 3.23. The number of aromatic nitrogens is 2. The average Bonchev–Trinajstić information content (AvgIpc) is 3.49. The molecule has 2 amide bonds. The van der Waals surface area contributed by atoms with Crippen molar-refractivity contribution in [2.45, 2.75) is 38.3 Å². The maximum absolute atomic E-state index is 13.5. The van der Waals surface area contributed by atoms with E-state index in [9.17, 15) is 9.59 Å². The third-order valence-corrected chi connectivity index (χ3v) is 6.80. The fourth-order valence-electron chi connectivity index (χ4n) is 5.39. The predicted molar refractivity (Wildman–Crippen MR) is 107 cm³/mol. The summed E-state index contributed by atoms with van der Waals surface area (Å²) in [4.78, 5) is 39.2. The number of nitrogens with zero attached hydrogens (tertiary/aromatic N) is 4. The van der Waals surface area contributed by atoms with Crippen molar-refractivity contribution in [2.75, 3.05) is 6.54 Å². The molecule has 2 aromatic rings. The minimum Gasteiger partial charge on any atom is -0.360 e. The van der Waals surface area contributed by atoms with Crippen molar-refractivity contribution in [3.63, 3.8) is 0 Å². The number of fused-ring (bicyclic) bond motifs is 2. The van der Waals surface area contributed by atoms with Crippen LogP contribution in [0.1, 0.15) is 22.5 Å². The average molecular weight is 402 g/mol. The molecule has 1 aromatic heterocycles. The lowest BCUT2D eigenvalue weighted by atomic mass is 9.76. The van der Waals surface area contributed by atoms with E-state index in [1.165, 1.54) is 11.1 Å². The van der Waals surface area contributed by atoms with Gasteiger partial charge in [-0.3, -0.25) is 19.6 Å². The second kappa shape index (κ2) is 6.22. The molecule has 0 radical (unpaired) electrons. The first-order valence-corrected chi connectivity index (χ1v) is 10.3. The lowest BCUT2D eigenvalue weighted by Gasteiger charge is -2.27. The van der Waals surface area contributed by atoms with Gasteiger partial charge < -0.3 is 14.5 Å². The Morgan fingerprint density at radius 3 is 2.67 bits per heavy atom. The zero-order valence-corrected chi connectivity index (χ0v) is 16.7. The zero-order chi connectivity index (χ0) is 20.5. The van der Waals surface area contributed by atoms with Gasteiger partial charge in [0, 0.05) is 19.3 Å². The van der Waals surface area contributed by atoms with Crippen LogP contribution in [0.2, 0.25) is 0 Å². The third kappa shape index (κ3) is 2.48. The van der Waals surface area contributed by atoms with Gasteiger partial charge in [0.2, 0.25) is 11.8 Å². The van der Waals surface area contributed by atoms with Crippen molar-refractivity contribution >= 4 is 11.8 Å². The molecule has 1 aromatic carbocycles. The fraction of sp³-hybridized carbons (Fsp3) is 0.391. The van der Waals surface area contributed by atoms with Crippen LogP contribution in [0.25, 0.3) is 0 Å². The Kier molecular flexibility index (Phi) is 3.68. The molecule has 7 nitrogen and oxygen atoms in total. The summed E-state index contributed by atoms with van der Waals surface area (Å²) in [5.74, 6) is -0.954. The monoisotopic (exact) mass is 402 g/mol. The standard InChI is InChI=1S/C23H22N4O3/c1-14-8-25-17(9-24-14)12-27-13-23-7-6-18(30-23)19(20(23)22(27)29)21(28)26-10-15-4-2-3-5-16(15)11-26/h2-9,18-20H,10-13H2,1H3/t18-,19+,20+,23-/m0/s1. The van der Waals surface area contributed by atoms with Gasteiger partial charge in [0.05, 0.1) is 48.6 Å². The van der Waals surface area contributed by atoms with Crippen LogP contribution in [0, 0.1) is 18.8 Å². The van der Waals surface area contributed by atoms with E-state index in [2.05, 4.69) is 22.1 Å². The SMILES string of the molecule is Cc1cnc(CN2C[C@]34C=C[C@H](O3)[C@@H](C(=O)N3Cc5ccccc5C3)[C@@H]4C2=O)cn1. The highest BCUT2D eigenvalue weighted by Crippen LogP contribution is 2.52. The molecule has 1 spiro atoms. The van der Waals surface area contributed by atoms with Crippen molar-refractivity contribution in [1.29, 1.82) is 0 Å². The van der Waals surface area contributed by atoms with E-state index in [0.29, 0.717) is 26.2 Å². The van der Waals surface area contributed by atoms with Crippen molar-refractivity contribution < 1.29 is 14.3 Å². The van der Waals surface area contributed by atoms with E-state index in [4.69, 9.17) is 4.74 Å².